The lowest BCUT2D eigenvalue weighted by Crippen LogP contribution is -2.17. The molecular weight excluding hydrogens is 441 g/mol. The van der Waals surface area contributed by atoms with Crippen molar-refractivity contribution < 1.29 is 4.39 Å². The fraction of sp³-hybridized carbons (Fsp3) is 0.182. The first kappa shape index (κ1) is 18.5. The molecule has 22 heavy (non-hydrogen) atoms. The highest BCUT2D eigenvalue weighted by Gasteiger charge is 2.34. The first-order valence-corrected chi connectivity index (χ1v) is 7.99. The van der Waals surface area contributed by atoms with Gasteiger partial charge in [0, 0.05) is 0 Å². The number of alkyl halides is 6. The lowest BCUT2D eigenvalue weighted by atomic mass is 10.2. The van der Waals surface area contributed by atoms with E-state index < -0.39 is 13.4 Å². The summed E-state index contributed by atoms with van der Waals surface area (Å²) in [4.78, 5) is 11.6. The van der Waals surface area contributed by atoms with Gasteiger partial charge in [0.1, 0.15) is 5.82 Å². The van der Waals surface area contributed by atoms with Crippen LogP contribution in [-0.2, 0) is 7.59 Å². The van der Waals surface area contributed by atoms with Gasteiger partial charge >= 0.3 is 0 Å². The monoisotopic (exact) mass is 441 g/mol. The molecule has 0 unspecified atom stereocenters. The smallest absolute Gasteiger partial charge is 0.209 e. The van der Waals surface area contributed by atoms with Crippen LogP contribution in [0.2, 0.25) is 5.02 Å². The normalized spacial score (nSPS) is 12.5. The Kier molecular flexibility index (Phi) is 5.55. The predicted molar refractivity (Wildman–Crippen MR) is 88.7 cm³/mol. The first-order valence-electron chi connectivity index (χ1n) is 5.35. The molecule has 1 heterocycles. The number of benzene rings is 1. The molecular formula is C11H3Cl7FN3. The second kappa shape index (κ2) is 6.60. The van der Waals surface area contributed by atoms with Crippen LogP contribution in [-0.4, -0.2) is 15.0 Å². The summed E-state index contributed by atoms with van der Waals surface area (Å²) in [6.45, 7) is 0. The maximum absolute atomic E-state index is 14.0. The van der Waals surface area contributed by atoms with Gasteiger partial charge in [-0.25, -0.2) is 19.3 Å². The van der Waals surface area contributed by atoms with Gasteiger partial charge in [-0.05, 0) is 12.1 Å². The molecule has 1 aromatic carbocycles. The molecule has 0 spiro atoms. The van der Waals surface area contributed by atoms with Crippen LogP contribution in [0.25, 0.3) is 11.4 Å². The predicted octanol–water partition coefficient (Wildman–Crippen LogP) is 5.98. The average molecular weight is 444 g/mol. The highest BCUT2D eigenvalue weighted by molar-refractivity contribution is 6.67. The largest absolute Gasteiger partial charge is 0.250 e. The molecule has 2 rings (SSSR count). The number of halogens is 8. The molecule has 0 bridgehead atoms. The van der Waals surface area contributed by atoms with Gasteiger partial charge in [-0.1, -0.05) is 87.3 Å². The van der Waals surface area contributed by atoms with Gasteiger partial charge in [-0.2, -0.15) is 0 Å². The van der Waals surface area contributed by atoms with E-state index in [1.54, 1.807) is 0 Å². The van der Waals surface area contributed by atoms with Crippen LogP contribution in [0, 0.1) is 5.82 Å². The molecule has 0 aliphatic rings. The lowest BCUT2D eigenvalue weighted by Gasteiger charge is -2.16. The van der Waals surface area contributed by atoms with Crippen LogP contribution in [0.3, 0.4) is 0 Å². The Bertz CT molecular complexity index is 659. The van der Waals surface area contributed by atoms with Crippen LogP contribution in [0.15, 0.2) is 18.2 Å². The minimum Gasteiger partial charge on any atom is -0.209 e. The van der Waals surface area contributed by atoms with Crippen molar-refractivity contribution in [3.05, 3.63) is 40.7 Å². The fourth-order valence-electron chi connectivity index (χ4n) is 1.45. The Morgan fingerprint density at radius 3 is 1.73 bits per heavy atom. The Labute approximate surface area is 159 Å². The van der Waals surface area contributed by atoms with Crippen LogP contribution >= 0.6 is 81.2 Å². The highest BCUT2D eigenvalue weighted by atomic mass is 35.6. The molecule has 0 aliphatic carbocycles. The zero-order valence-corrected chi connectivity index (χ0v) is 15.4. The van der Waals surface area contributed by atoms with Gasteiger partial charge in [0.05, 0.1) is 10.6 Å². The Hall–Kier alpha value is 0.190. The maximum Gasteiger partial charge on any atom is 0.250 e. The summed E-state index contributed by atoms with van der Waals surface area (Å²) in [5.41, 5.74) is -0.127. The molecule has 0 fully saturated rings. The van der Waals surface area contributed by atoms with Crippen LogP contribution in [0.1, 0.15) is 11.6 Å². The molecule has 3 nitrogen and oxygen atoms in total. The molecule has 1 aromatic heterocycles. The van der Waals surface area contributed by atoms with E-state index in [9.17, 15) is 4.39 Å². The van der Waals surface area contributed by atoms with Crippen LogP contribution in [0.5, 0.6) is 0 Å². The van der Waals surface area contributed by atoms with Gasteiger partial charge in [-0.3, -0.25) is 0 Å². The number of hydrogen-bond acceptors (Lipinski definition) is 3. The second-order valence-corrected chi connectivity index (χ2v) is 8.87. The summed E-state index contributed by atoms with van der Waals surface area (Å²) in [7, 11) is 0. The number of aromatic nitrogens is 3. The number of hydrogen-bond donors (Lipinski definition) is 0. The van der Waals surface area contributed by atoms with Crippen molar-refractivity contribution in [2.75, 3.05) is 0 Å². The summed E-state index contributed by atoms with van der Waals surface area (Å²) in [6, 6.07) is 4.01. The molecule has 0 saturated heterocycles. The summed E-state index contributed by atoms with van der Waals surface area (Å²) in [5.74, 6) is -1.57. The highest BCUT2D eigenvalue weighted by Crippen LogP contribution is 2.41. The van der Waals surface area contributed by atoms with Crippen molar-refractivity contribution >= 4 is 81.2 Å². The molecule has 0 amide bonds. The molecule has 0 N–H and O–H groups in total. The first-order chi connectivity index (χ1) is 10.00. The van der Waals surface area contributed by atoms with E-state index in [2.05, 4.69) is 15.0 Å². The quantitative estimate of drug-likeness (QED) is 0.508. The molecule has 0 saturated carbocycles. The van der Waals surface area contributed by atoms with Crippen molar-refractivity contribution in [3.8, 4) is 11.4 Å². The summed E-state index contributed by atoms with van der Waals surface area (Å²) < 4.78 is 9.95. The molecule has 118 valence electrons. The van der Waals surface area contributed by atoms with E-state index in [0.717, 1.165) is 6.07 Å². The van der Waals surface area contributed by atoms with E-state index in [1.807, 2.05) is 0 Å². The van der Waals surface area contributed by atoms with Gasteiger partial charge in [0.25, 0.3) is 0 Å². The van der Waals surface area contributed by atoms with Crippen LogP contribution in [0.4, 0.5) is 4.39 Å². The number of nitrogens with zero attached hydrogens (tertiary/aromatic N) is 3. The summed E-state index contributed by atoms with van der Waals surface area (Å²) in [5, 5.41) is 0.0386. The van der Waals surface area contributed by atoms with Gasteiger partial charge in [0.2, 0.25) is 7.59 Å². The lowest BCUT2D eigenvalue weighted by molar-refractivity contribution is 0.629. The molecule has 0 radical (unpaired) electrons. The second-order valence-electron chi connectivity index (χ2n) is 3.90. The Balaban J connectivity index is 2.76. The third-order valence-corrected chi connectivity index (χ3v) is 3.66. The van der Waals surface area contributed by atoms with E-state index in [4.69, 9.17) is 81.2 Å². The van der Waals surface area contributed by atoms with Crippen molar-refractivity contribution in [2.24, 2.45) is 0 Å². The van der Waals surface area contributed by atoms with E-state index in [-0.39, 0.29) is 28.1 Å². The molecule has 11 heteroatoms. The van der Waals surface area contributed by atoms with Crippen molar-refractivity contribution in [2.45, 2.75) is 7.59 Å². The number of rotatable bonds is 1. The zero-order chi connectivity index (χ0) is 16.7. The average Bonchev–Trinajstić information content (AvgIpc) is 2.36. The molecule has 2 aromatic rings. The molecule has 0 aliphatic heterocycles. The SMILES string of the molecule is Fc1cccc(Cl)c1-c1nc(C(Cl)(Cl)Cl)nc(C(Cl)(Cl)Cl)n1. The third kappa shape index (κ3) is 4.18. The van der Waals surface area contributed by atoms with E-state index in [0.29, 0.717) is 0 Å². The molecule has 0 atom stereocenters. The topological polar surface area (TPSA) is 38.7 Å². The maximum atomic E-state index is 14.0. The summed E-state index contributed by atoms with van der Waals surface area (Å²) in [6.07, 6.45) is 0. The summed E-state index contributed by atoms with van der Waals surface area (Å²) >= 11 is 40.4. The van der Waals surface area contributed by atoms with E-state index >= 15 is 0 Å². The minimum atomic E-state index is -2.03. The van der Waals surface area contributed by atoms with Crippen LogP contribution < -0.4 is 0 Å². The Morgan fingerprint density at radius 2 is 1.32 bits per heavy atom. The van der Waals surface area contributed by atoms with Crippen molar-refractivity contribution in [1.29, 1.82) is 0 Å². The zero-order valence-electron chi connectivity index (χ0n) is 10.1. The van der Waals surface area contributed by atoms with Gasteiger partial charge < -0.3 is 0 Å². The Morgan fingerprint density at radius 1 is 0.818 bits per heavy atom. The minimum absolute atomic E-state index is 0.0386. The standard InChI is InChI=1S/C11H3Cl7FN3/c12-4-2-1-3-5(19)6(4)7-20-8(10(13,14)15)22-9(21-7)11(16,17)18/h1-3H. The van der Waals surface area contributed by atoms with Gasteiger partial charge in [0.15, 0.2) is 17.5 Å². The van der Waals surface area contributed by atoms with Crippen molar-refractivity contribution in [1.82, 2.24) is 15.0 Å². The third-order valence-electron chi connectivity index (χ3n) is 2.33. The van der Waals surface area contributed by atoms with E-state index in [1.165, 1.54) is 12.1 Å². The fourth-order valence-corrected chi connectivity index (χ4v) is 2.21. The van der Waals surface area contributed by atoms with Crippen molar-refractivity contribution in [3.63, 3.8) is 0 Å². The van der Waals surface area contributed by atoms with Gasteiger partial charge in [-0.15, -0.1) is 0 Å².